The van der Waals surface area contributed by atoms with Gasteiger partial charge in [0.25, 0.3) is 0 Å². The first kappa shape index (κ1) is 9.25. The maximum Gasteiger partial charge on any atom is 0.232 e. The van der Waals surface area contributed by atoms with E-state index in [0.29, 0.717) is 5.56 Å². The highest BCUT2D eigenvalue weighted by Gasteiger charge is 2.20. The topological polar surface area (TPSA) is 93.0 Å². The molecule has 0 aliphatic rings. The molecule has 4 heteroatoms. The van der Waals surface area contributed by atoms with Crippen LogP contribution in [-0.2, 0) is 4.79 Å². The number of carbonyl (C=O) groups excluding carboxylic acids is 1. The van der Waals surface area contributed by atoms with Crippen LogP contribution in [0.25, 0.3) is 0 Å². The molecule has 0 radical (unpaired) electrons. The molecule has 0 saturated heterocycles. The van der Waals surface area contributed by atoms with Crippen molar-refractivity contribution in [3.8, 4) is 0 Å². The smallest absolute Gasteiger partial charge is 0.232 e. The number of benzene rings is 1. The molecule has 68 valence electrons. The van der Waals surface area contributed by atoms with Crippen molar-refractivity contribution in [2.45, 2.75) is 5.92 Å². The van der Waals surface area contributed by atoms with E-state index in [1.165, 1.54) is 0 Å². The first-order valence-corrected chi connectivity index (χ1v) is 3.81. The summed E-state index contributed by atoms with van der Waals surface area (Å²) in [6, 6.07) is 8.80. The van der Waals surface area contributed by atoms with Gasteiger partial charge in [0, 0.05) is 0 Å². The summed E-state index contributed by atoms with van der Waals surface area (Å²) in [6.07, 6.45) is 0. The fourth-order valence-electron chi connectivity index (χ4n) is 1.14. The van der Waals surface area contributed by atoms with Crippen LogP contribution in [0.5, 0.6) is 0 Å². The largest absolute Gasteiger partial charge is 0.387 e. The first-order chi connectivity index (χ1) is 6.13. The number of nitrogens with two attached hydrogens (primary N) is 2. The standard InChI is InChI=1S/C9H11N3O/c10-8(11)7(9(12)13)6-4-2-1-3-5-6/h1-5,7H,(H3,10,11)(H2,12,13). The van der Waals surface area contributed by atoms with Crippen LogP contribution in [0.15, 0.2) is 30.3 Å². The van der Waals surface area contributed by atoms with Gasteiger partial charge in [-0.15, -0.1) is 0 Å². The van der Waals surface area contributed by atoms with Gasteiger partial charge in [0.05, 0.1) is 0 Å². The third-order valence-electron chi connectivity index (χ3n) is 1.73. The molecule has 0 bridgehead atoms. The maximum absolute atomic E-state index is 10.9. The molecule has 0 spiro atoms. The lowest BCUT2D eigenvalue weighted by atomic mass is 9.98. The zero-order chi connectivity index (χ0) is 9.84. The predicted molar refractivity (Wildman–Crippen MR) is 50.3 cm³/mol. The lowest BCUT2D eigenvalue weighted by Crippen LogP contribution is -2.32. The van der Waals surface area contributed by atoms with Crippen LogP contribution in [0.1, 0.15) is 11.5 Å². The average molecular weight is 177 g/mol. The van der Waals surface area contributed by atoms with Crippen molar-refractivity contribution in [1.82, 2.24) is 0 Å². The summed E-state index contributed by atoms with van der Waals surface area (Å²) >= 11 is 0. The Morgan fingerprint density at radius 2 is 1.77 bits per heavy atom. The molecule has 1 aromatic rings. The van der Waals surface area contributed by atoms with Gasteiger partial charge in [0.2, 0.25) is 5.91 Å². The molecule has 1 rings (SSSR count). The van der Waals surface area contributed by atoms with E-state index in [1.54, 1.807) is 24.3 Å². The van der Waals surface area contributed by atoms with E-state index in [4.69, 9.17) is 16.9 Å². The Bertz CT molecular complexity index is 307. The van der Waals surface area contributed by atoms with Crippen molar-refractivity contribution in [2.24, 2.45) is 11.5 Å². The SMILES string of the molecule is N=C(N)C(C(N)=O)c1ccccc1. The number of amides is 1. The van der Waals surface area contributed by atoms with Crippen molar-refractivity contribution in [3.63, 3.8) is 0 Å². The van der Waals surface area contributed by atoms with Crippen molar-refractivity contribution in [1.29, 1.82) is 5.41 Å². The Balaban J connectivity index is 3.03. The molecule has 0 fully saturated rings. The Morgan fingerprint density at radius 1 is 1.23 bits per heavy atom. The summed E-state index contributed by atoms with van der Waals surface area (Å²) in [5.74, 6) is -1.63. The van der Waals surface area contributed by atoms with Gasteiger partial charge in [-0.3, -0.25) is 10.2 Å². The predicted octanol–water partition coefficient (Wildman–Crippen LogP) is 0.191. The minimum atomic E-state index is -0.804. The van der Waals surface area contributed by atoms with E-state index in [0.717, 1.165) is 0 Å². The summed E-state index contributed by atoms with van der Waals surface area (Å²) < 4.78 is 0. The van der Waals surface area contributed by atoms with Crippen molar-refractivity contribution < 1.29 is 4.79 Å². The molecule has 1 aromatic carbocycles. The Kier molecular flexibility index (Phi) is 2.64. The second kappa shape index (κ2) is 3.71. The van der Waals surface area contributed by atoms with E-state index in [-0.39, 0.29) is 5.84 Å². The van der Waals surface area contributed by atoms with Gasteiger partial charge < -0.3 is 11.5 Å². The number of amidine groups is 1. The van der Waals surface area contributed by atoms with E-state index >= 15 is 0 Å². The van der Waals surface area contributed by atoms with Gasteiger partial charge in [-0.25, -0.2) is 0 Å². The highest BCUT2D eigenvalue weighted by molar-refractivity contribution is 6.05. The van der Waals surface area contributed by atoms with Gasteiger partial charge in [-0.1, -0.05) is 30.3 Å². The van der Waals surface area contributed by atoms with E-state index in [2.05, 4.69) is 0 Å². The molecule has 1 amide bonds. The number of hydrogen-bond donors (Lipinski definition) is 3. The lowest BCUT2D eigenvalue weighted by molar-refractivity contribution is -0.118. The van der Waals surface area contributed by atoms with Crippen LogP contribution in [0.2, 0.25) is 0 Å². The second-order valence-corrected chi connectivity index (χ2v) is 2.70. The minimum absolute atomic E-state index is 0.223. The van der Waals surface area contributed by atoms with Gasteiger partial charge >= 0.3 is 0 Å². The van der Waals surface area contributed by atoms with Crippen LogP contribution >= 0.6 is 0 Å². The molecule has 0 heterocycles. The summed E-state index contributed by atoms with van der Waals surface area (Å²) in [7, 11) is 0. The maximum atomic E-state index is 10.9. The zero-order valence-electron chi connectivity index (χ0n) is 7.03. The quantitative estimate of drug-likeness (QED) is 0.454. The number of rotatable bonds is 3. The molecular weight excluding hydrogens is 166 g/mol. The molecule has 1 unspecified atom stereocenters. The van der Waals surface area contributed by atoms with E-state index < -0.39 is 11.8 Å². The average Bonchev–Trinajstić information content (AvgIpc) is 2.04. The molecule has 0 saturated carbocycles. The van der Waals surface area contributed by atoms with Crippen LogP contribution in [0.3, 0.4) is 0 Å². The van der Waals surface area contributed by atoms with Gasteiger partial charge in [-0.05, 0) is 5.56 Å². The van der Waals surface area contributed by atoms with Crippen LogP contribution in [0.4, 0.5) is 0 Å². The first-order valence-electron chi connectivity index (χ1n) is 3.81. The number of carbonyl (C=O) groups is 1. The molecule has 13 heavy (non-hydrogen) atoms. The van der Waals surface area contributed by atoms with Crippen LogP contribution < -0.4 is 11.5 Å². The number of hydrogen-bond acceptors (Lipinski definition) is 2. The number of nitrogens with one attached hydrogen (secondary N) is 1. The normalized spacial score (nSPS) is 12.0. The summed E-state index contributed by atoms with van der Waals surface area (Å²) in [6.45, 7) is 0. The summed E-state index contributed by atoms with van der Waals surface area (Å²) in [5.41, 5.74) is 11.0. The van der Waals surface area contributed by atoms with Crippen molar-refractivity contribution in [3.05, 3.63) is 35.9 Å². The molecule has 4 nitrogen and oxygen atoms in total. The minimum Gasteiger partial charge on any atom is -0.387 e. The molecule has 5 N–H and O–H groups in total. The highest BCUT2D eigenvalue weighted by atomic mass is 16.1. The van der Waals surface area contributed by atoms with Gasteiger partial charge in [0.15, 0.2) is 0 Å². The molecule has 0 aliphatic carbocycles. The summed E-state index contributed by atoms with van der Waals surface area (Å²) in [5, 5.41) is 7.20. The Labute approximate surface area is 76.1 Å². The zero-order valence-corrected chi connectivity index (χ0v) is 7.03. The van der Waals surface area contributed by atoms with Crippen molar-refractivity contribution in [2.75, 3.05) is 0 Å². The highest BCUT2D eigenvalue weighted by Crippen LogP contribution is 2.13. The third-order valence-corrected chi connectivity index (χ3v) is 1.73. The monoisotopic (exact) mass is 177 g/mol. The van der Waals surface area contributed by atoms with E-state index in [1.807, 2.05) is 6.07 Å². The molecule has 0 aromatic heterocycles. The Morgan fingerprint density at radius 3 is 2.15 bits per heavy atom. The second-order valence-electron chi connectivity index (χ2n) is 2.70. The van der Waals surface area contributed by atoms with Crippen LogP contribution in [0, 0.1) is 5.41 Å². The fourth-order valence-corrected chi connectivity index (χ4v) is 1.14. The lowest BCUT2D eigenvalue weighted by Gasteiger charge is -2.10. The third kappa shape index (κ3) is 2.05. The fraction of sp³-hybridized carbons (Fsp3) is 0.111. The van der Waals surface area contributed by atoms with Crippen molar-refractivity contribution >= 4 is 11.7 Å². The molecule has 0 aliphatic heterocycles. The Hall–Kier alpha value is -1.84. The number of primary amides is 1. The van der Waals surface area contributed by atoms with Crippen LogP contribution in [-0.4, -0.2) is 11.7 Å². The summed E-state index contributed by atoms with van der Waals surface area (Å²) in [4.78, 5) is 10.9. The molecule has 1 atom stereocenters. The van der Waals surface area contributed by atoms with E-state index in [9.17, 15) is 4.79 Å². The molecular formula is C9H11N3O. The van der Waals surface area contributed by atoms with Gasteiger partial charge in [0.1, 0.15) is 11.8 Å². The van der Waals surface area contributed by atoms with Gasteiger partial charge in [-0.2, -0.15) is 0 Å².